The van der Waals surface area contributed by atoms with Crippen molar-refractivity contribution in [1.82, 2.24) is 9.97 Å². The van der Waals surface area contributed by atoms with E-state index in [1.54, 1.807) is 14.0 Å². The normalized spacial score (nSPS) is 14.2. The van der Waals surface area contributed by atoms with Gasteiger partial charge in [-0.1, -0.05) is 12.1 Å². The number of benzene rings is 1. The maximum Gasteiger partial charge on any atom is 0.348 e. The number of esters is 1. The Balaban J connectivity index is 1.91. The average molecular weight is 413 g/mol. The quantitative estimate of drug-likeness (QED) is 0.591. The molecule has 3 aromatic rings. The van der Waals surface area contributed by atoms with Gasteiger partial charge in [-0.05, 0) is 31.5 Å². The number of hydrogen-bond acceptors (Lipinski definition) is 8. The summed E-state index contributed by atoms with van der Waals surface area (Å²) in [6, 6.07) is 7.68. The first-order valence-electron chi connectivity index (χ1n) is 9.57. The number of aromatic nitrogens is 2. The molecule has 0 N–H and O–H groups in total. The number of aryl methyl sites for hydroxylation is 1. The Morgan fingerprint density at radius 2 is 2.07 bits per heavy atom. The number of carbonyl (C=O) groups excluding carboxylic acids is 1. The molecule has 3 heterocycles. The van der Waals surface area contributed by atoms with E-state index < -0.39 is 0 Å². The third-order valence-corrected chi connectivity index (χ3v) is 6.04. The number of ether oxygens (including phenoxy) is 3. The summed E-state index contributed by atoms with van der Waals surface area (Å²) in [5.74, 6) is 1.87. The van der Waals surface area contributed by atoms with Crippen molar-refractivity contribution in [2.24, 2.45) is 0 Å². The number of thiophene rings is 1. The number of rotatable bonds is 5. The van der Waals surface area contributed by atoms with Crippen LogP contribution in [0.3, 0.4) is 0 Å². The Bertz CT molecular complexity index is 1040. The molecule has 0 aliphatic carbocycles. The fourth-order valence-corrected chi connectivity index (χ4v) is 4.47. The highest BCUT2D eigenvalue weighted by Gasteiger charge is 2.25. The molecular weight excluding hydrogens is 390 g/mol. The lowest BCUT2D eigenvalue weighted by Gasteiger charge is -2.28. The molecule has 7 nitrogen and oxygen atoms in total. The van der Waals surface area contributed by atoms with E-state index in [1.807, 2.05) is 31.2 Å². The first-order valence-corrected chi connectivity index (χ1v) is 10.4. The summed E-state index contributed by atoms with van der Waals surface area (Å²) in [6.07, 6.45) is 0. The number of methoxy groups -OCH3 is 1. The van der Waals surface area contributed by atoms with Crippen molar-refractivity contribution in [2.75, 3.05) is 44.9 Å². The predicted molar refractivity (Wildman–Crippen MR) is 113 cm³/mol. The van der Waals surface area contributed by atoms with E-state index in [0.717, 1.165) is 46.0 Å². The van der Waals surface area contributed by atoms with Gasteiger partial charge in [-0.25, -0.2) is 14.8 Å². The van der Waals surface area contributed by atoms with Crippen molar-refractivity contribution in [3.05, 3.63) is 34.7 Å². The van der Waals surface area contributed by atoms with Gasteiger partial charge in [-0.15, -0.1) is 11.3 Å². The summed E-state index contributed by atoms with van der Waals surface area (Å²) in [5.41, 5.74) is 1.73. The molecule has 0 saturated carbocycles. The van der Waals surface area contributed by atoms with Crippen LogP contribution >= 0.6 is 11.3 Å². The highest BCUT2D eigenvalue weighted by molar-refractivity contribution is 7.20. The second kappa shape index (κ2) is 8.34. The van der Waals surface area contributed by atoms with Crippen molar-refractivity contribution in [3.8, 4) is 17.1 Å². The molecule has 0 unspecified atom stereocenters. The second-order valence-electron chi connectivity index (χ2n) is 6.66. The first kappa shape index (κ1) is 19.6. The van der Waals surface area contributed by atoms with Crippen molar-refractivity contribution in [3.63, 3.8) is 0 Å². The van der Waals surface area contributed by atoms with E-state index in [9.17, 15) is 4.79 Å². The summed E-state index contributed by atoms with van der Waals surface area (Å²) in [6.45, 7) is 6.86. The van der Waals surface area contributed by atoms with Gasteiger partial charge in [0.1, 0.15) is 21.3 Å². The smallest absolute Gasteiger partial charge is 0.348 e. The van der Waals surface area contributed by atoms with Crippen LogP contribution in [0.4, 0.5) is 5.82 Å². The van der Waals surface area contributed by atoms with Crippen molar-refractivity contribution < 1.29 is 19.0 Å². The molecule has 152 valence electrons. The first-order chi connectivity index (χ1) is 14.1. The molecule has 0 atom stereocenters. The van der Waals surface area contributed by atoms with Crippen molar-refractivity contribution in [1.29, 1.82) is 0 Å². The summed E-state index contributed by atoms with van der Waals surface area (Å²) >= 11 is 1.35. The van der Waals surface area contributed by atoms with E-state index >= 15 is 0 Å². The molecule has 1 aromatic carbocycles. The number of anilines is 1. The molecule has 8 heteroatoms. The van der Waals surface area contributed by atoms with E-state index in [0.29, 0.717) is 30.5 Å². The SMILES string of the molecule is CCOC(=O)c1sc2nc(-c3cccc(OC)c3)nc(N3CCOCC3)c2c1C. The predicted octanol–water partition coefficient (Wildman–Crippen LogP) is 3.69. The average Bonchev–Trinajstić information content (AvgIpc) is 3.10. The van der Waals surface area contributed by atoms with Gasteiger partial charge in [0.05, 0.1) is 32.3 Å². The highest BCUT2D eigenvalue weighted by atomic mass is 32.1. The Labute approximate surface area is 173 Å². The van der Waals surface area contributed by atoms with Gasteiger partial charge in [0.15, 0.2) is 5.82 Å². The number of carbonyl (C=O) groups is 1. The molecule has 2 aromatic heterocycles. The molecule has 1 aliphatic rings. The fraction of sp³-hybridized carbons (Fsp3) is 0.381. The summed E-state index contributed by atoms with van der Waals surface area (Å²) in [7, 11) is 1.64. The third-order valence-electron chi connectivity index (χ3n) is 4.87. The Hall–Kier alpha value is -2.71. The second-order valence-corrected chi connectivity index (χ2v) is 7.66. The van der Waals surface area contributed by atoms with E-state index in [4.69, 9.17) is 24.2 Å². The van der Waals surface area contributed by atoms with Crippen LogP contribution < -0.4 is 9.64 Å². The molecule has 4 rings (SSSR count). The van der Waals surface area contributed by atoms with Gasteiger partial charge in [0, 0.05) is 18.7 Å². The maximum absolute atomic E-state index is 12.5. The standard InChI is InChI=1S/C21H23N3O4S/c1-4-28-21(25)17-13(2)16-19(24-8-10-27-11-9-24)22-18(23-20(16)29-17)14-6-5-7-15(12-14)26-3/h5-7,12H,4,8-11H2,1-3H3. The van der Waals surface area contributed by atoms with Gasteiger partial charge >= 0.3 is 5.97 Å². The molecule has 0 amide bonds. The third kappa shape index (κ3) is 3.77. The zero-order valence-electron chi connectivity index (χ0n) is 16.7. The van der Waals surface area contributed by atoms with Gasteiger partial charge in [-0.3, -0.25) is 0 Å². The molecule has 0 radical (unpaired) electrons. The Kier molecular flexibility index (Phi) is 5.64. The largest absolute Gasteiger partial charge is 0.497 e. The molecule has 1 aliphatic heterocycles. The van der Waals surface area contributed by atoms with Crippen LogP contribution in [0.15, 0.2) is 24.3 Å². The lowest BCUT2D eigenvalue weighted by atomic mass is 10.1. The lowest BCUT2D eigenvalue weighted by Crippen LogP contribution is -2.37. The van der Waals surface area contributed by atoms with Crippen LogP contribution in [0.5, 0.6) is 5.75 Å². The van der Waals surface area contributed by atoms with Crippen LogP contribution in [0, 0.1) is 6.92 Å². The number of nitrogens with zero attached hydrogens (tertiary/aromatic N) is 3. The van der Waals surface area contributed by atoms with E-state index in [1.165, 1.54) is 11.3 Å². The highest BCUT2D eigenvalue weighted by Crippen LogP contribution is 2.38. The molecule has 0 spiro atoms. The zero-order chi connectivity index (χ0) is 20.4. The zero-order valence-corrected chi connectivity index (χ0v) is 17.5. The van der Waals surface area contributed by atoms with Gasteiger partial charge in [0.2, 0.25) is 0 Å². The number of hydrogen-bond donors (Lipinski definition) is 0. The van der Waals surface area contributed by atoms with Crippen molar-refractivity contribution in [2.45, 2.75) is 13.8 Å². The lowest BCUT2D eigenvalue weighted by molar-refractivity contribution is 0.0531. The Morgan fingerprint density at radius 1 is 1.28 bits per heavy atom. The fourth-order valence-electron chi connectivity index (χ4n) is 3.40. The van der Waals surface area contributed by atoms with Crippen LogP contribution in [0.1, 0.15) is 22.2 Å². The van der Waals surface area contributed by atoms with Gasteiger partial charge in [0.25, 0.3) is 0 Å². The minimum absolute atomic E-state index is 0.316. The van der Waals surface area contributed by atoms with Crippen LogP contribution in [0.2, 0.25) is 0 Å². The Morgan fingerprint density at radius 3 is 2.79 bits per heavy atom. The van der Waals surface area contributed by atoms with Crippen molar-refractivity contribution >= 4 is 33.3 Å². The molecule has 0 bridgehead atoms. The number of fused-ring (bicyclic) bond motifs is 1. The maximum atomic E-state index is 12.5. The molecule has 1 fully saturated rings. The van der Waals surface area contributed by atoms with Crippen LogP contribution in [-0.4, -0.2) is 56.0 Å². The minimum atomic E-state index is -0.316. The minimum Gasteiger partial charge on any atom is -0.497 e. The van der Waals surface area contributed by atoms with E-state index in [2.05, 4.69) is 4.90 Å². The molecule has 1 saturated heterocycles. The topological polar surface area (TPSA) is 73.8 Å². The van der Waals surface area contributed by atoms with Crippen LogP contribution in [-0.2, 0) is 9.47 Å². The van der Waals surface area contributed by atoms with Crippen LogP contribution in [0.25, 0.3) is 21.6 Å². The summed E-state index contributed by atoms with van der Waals surface area (Å²) < 4.78 is 16.1. The van der Waals surface area contributed by atoms with Gasteiger partial charge < -0.3 is 19.1 Å². The number of morpholine rings is 1. The monoisotopic (exact) mass is 413 g/mol. The summed E-state index contributed by atoms with van der Waals surface area (Å²) in [5, 5.41) is 0.909. The van der Waals surface area contributed by atoms with E-state index in [-0.39, 0.29) is 5.97 Å². The molecule has 29 heavy (non-hydrogen) atoms. The van der Waals surface area contributed by atoms with Gasteiger partial charge in [-0.2, -0.15) is 0 Å². The summed E-state index contributed by atoms with van der Waals surface area (Å²) in [4.78, 5) is 25.7. The molecular formula is C21H23N3O4S.